The van der Waals surface area contributed by atoms with E-state index in [-0.39, 0.29) is 18.3 Å². The summed E-state index contributed by atoms with van der Waals surface area (Å²) < 4.78 is 17.6. The number of ether oxygens (including phenoxy) is 3. The maximum Gasteiger partial charge on any atom is 0.257 e. The highest BCUT2D eigenvalue weighted by Gasteiger charge is 2.24. The number of nitrogens with zero attached hydrogens (tertiary/aromatic N) is 1. The molecule has 9 nitrogen and oxygen atoms in total. The number of carbonyl (C=O) groups excluding carboxylic acids is 2. The zero-order valence-corrected chi connectivity index (χ0v) is 18.7. The molecular weight excluding hydrogens is 422 g/mol. The average Bonchev–Trinajstić information content (AvgIpc) is 3.23. The van der Waals surface area contributed by atoms with E-state index in [4.69, 9.17) is 14.2 Å². The lowest BCUT2D eigenvalue weighted by atomic mass is 10.1. The number of hydrogen-bond acceptors (Lipinski definition) is 7. The van der Waals surface area contributed by atoms with E-state index in [1.54, 1.807) is 31.0 Å². The normalized spacial score (nSPS) is 13.3. The first kappa shape index (κ1) is 23.0. The molecule has 2 aromatic rings. The van der Waals surface area contributed by atoms with Crippen molar-refractivity contribution in [2.24, 2.45) is 0 Å². The molecule has 0 saturated heterocycles. The van der Waals surface area contributed by atoms with E-state index in [9.17, 15) is 14.4 Å². The topological polar surface area (TPSA) is 108 Å². The molecule has 1 atom stereocenters. The molecule has 1 aromatic heterocycles. The van der Waals surface area contributed by atoms with Gasteiger partial charge in [0.1, 0.15) is 11.6 Å². The minimum absolute atomic E-state index is 0.0212. The molecule has 1 aliphatic rings. The van der Waals surface area contributed by atoms with Gasteiger partial charge in [-0.05, 0) is 31.4 Å². The number of hydrogen-bond donors (Lipinski definition) is 2. The van der Waals surface area contributed by atoms with Crippen LogP contribution in [0, 0.1) is 0 Å². The van der Waals surface area contributed by atoms with Crippen LogP contribution in [0.25, 0.3) is 10.9 Å². The summed E-state index contributed by atoms with van der Waals surface area (Å²) in [6.45, 7) is 3.27. The summed E-state index contributed by atoms with van der Waals surface area (Å²) in [5, 5.41) is 5.84. The van der Waals surface area contributed by atoms with E-state index in [1.807, 2.05) is 17.7 Å². The van der Waals surface area contributed by atoms with Crippen molar-refractivity contribution in [2.45, 2.75) is 25.9 Å². The van der Waals surface area contributed by atoms with Gasteiger partial charge in [-0.1, -0.05) is 0 Å². The van der Waals surface area contributed by atoms with Crippen molar-refractivity contribution >= 4 is 34.5 Å². The lowest BCUT2D eigenvalue weighted by molar-refractivity contribution is -0.123. The summed E-state index contributed by atoms with van der Waals surface area (Å²) in [6, 6.07) is 2.60. The number of pyridine rings is 1. The molecule has 0 unspecified atom stereocenters. The predicted molar refractivity (Wildman–Crippen MR) is 119 cm³/mol. The number of aromatic nitrogens is 1. The van der Waals surface area contributed by atoms with Gasteiger partial charge in [-0.2, -0.15) is 11.8 Å². The van der Waals surface area contributed by atoms with Crippen LogP contribution in [0.5, 0.6) is 11.5 Å². The fourth-order valence-corrected chi connectivity index (χ4v) is 3.81. The second kappa shape index (κ2) is 10.5. The first-order valence-electron chi connectivity index (χ1n) is 10.0. The minimum atomic E-state index is -0.751. The van der Waals surface area contributed by atoms with E-state index >= 15 is 0 Å². The van der Waals surface area contributed by atoms with Gasteiger partial charge in [0.15, 0.2) is 11.5 Å². The van der Waals surface area contributed by atoms with Crippen LogP contribution in [-0.4, -0.2) is 61.5 Å². The molecule has 2 N–H and O–H groups in total. The van der Waals surface area contributed by atoms with Crippen molar-refractivity contribution in [3.63, 3.8) is 0 Å². The Morgan fingerprint density at radius 3 is 2.71 bits per heavy atom. The van der Waals surface area contributed by atoms with Crippen LogP contribution in [0.2, 0.25) is 0 Å². The Bertz CT molecular complexity index is 1020. The van der Waals surface area contributed by atoms with E-state index in [0.29, 0.717) is 54.3 Å². The first-order valence-corrected chi connectivity index (χ1v) is 11.4. The van der Waals surface area contributed by atoms with Crippen LogP contribution >= 0.6 is 11.8 Å². The number of fused-ring (bicyclic) bond motifs is 2. The molecule has 0 radical (unpaired) electrons. The summed E-state index contributed by atoms with van der Waals surface area (Å²) in [5.41, 5.74) is 0.218. The number of amides is 2. The Hall–Kier alpha value is -2.72. The van der Waals surface area contributed by atoms with Crippen LogP contribution in [0.1, 0.15) is 23.7 Å². The molecular formula is C21H27N3O6S. The maximum atomic E-state index is 13.1. The summed E-state index contributed by atoms with van der Waals surface area (Å²) in [7, 11) is 1.55. The van der Waals surface area contributed by atoms with Crippen molar-refractivity contribution in [3.8, 4) is 11.5 Å². The van der Waals surface area contributed by atoms with E-state index in [1.165, 1.54) is 6.20 Å². The second-order valence-electron chi connectivity index (χ2n) is 6.97. The molecule has 1 aromatic carbocycles. The highest BCUT2D eigenvalue weighted by molar-refractivity contribution is 7.98. The maximum absolute atomic E-state index is 13.1. The van der Waals surface area contributed by atoms with Gasteiger partial charge in [0.05, 0.1) is 17.5 Å². The first-order chi connectivity index (χ1) is 15.0. The molecule has 0 spiro atoms. The monoisotopic (exact) mass is 449 g/mol. The van der Waals surface area contributed by atoms with Crippen LogP contribution in [0.3, 0.4) is 0 Å². The lowest BCUT2D eigenvalue weighted by Crippen LogP contribution is -2.48. The Labute approximate surface area is 184 Å². The fourth-order valence-electron chi connectivity index (χ4n) is 3.34. The van der Waals surface area contributed by atoms with E-state index < -0.39 is 17.4 Å². The van der Waals surface area contributed by atoms with Crippen LogP contribution < -0.4 is 25.5 Å². The van der Waals surface area contributed by atoms with Gasteiger partial charge in [-0.15, -0.1) is 0 Å². The van der Waals surface area contributed by atoms with Crippen LogP contribution in [0.4, 0.5) is 0 Å². The van der Waals surface area contributed by atoms with Gasteiger partial charge < -0.3 is 29.4 Å². The largest absolute Gasteiger partial charge is 0.454 e. The molecule has 31 heavy (non-hydrogen) atoms. The molecule has 0 saturated carbocycles. The van der Waals surface area contributed by atoms with Gasteiger partial charge >= 0.3 is 0 Å². The lowest BCUT2D eigenvalue weighted by Gasteiger charge is -2.19. The van der Waals surface area contributed by atoms with Crippen molar-refractivity contribution < 1.29 is 23.8 Å². The van der Waals surface area contributed by atoms with Gasteiger partial charge in [-0.3, -0.25) is 14.4 Å². The van der Waals surface area contributed by atoms with Crippen molar-refractivity contribution in [3.05, 3.63) is 34.1 Å². The number of benzene rings is 1. The van der Waals surface area contributed by atoms with Crippen LogP contribution in [0.15, 0.2) is 23.1 Å². The molecule has 3 rings (SSSR count). The molecule has 0 aliphatic carbocycles. The Kier molecular flexibility index (Phi) is 7.80. The molecule has 0 bridgehead atoms. The van der Waals surface area contributed by atoms with Crippen molar-refractivity contribution in [1.29, 1.82) is 0 Å². The molecule has 0 fully saturated rings. The molecule has 168 valence electrons. The second-order valence-corrected chi connectivity index (χ2v) is 7.96. The molecule has 2 heterocycles. The number of methoxy groups -OCH3 is 1. The Morgan fingerprint density at radius 2 is 2.03 bits per heavy atom. The quantitative estimate of drug-likeness (QED) is 0.528. The molecule has 1 aliphatic heterocycles. The average molecular weight is 450 g/mol. The smallest absolute Gasteiger partial charge is 0.257 e. The highest BCUT2D eigenvalue weighted by atomic mass is 32.2. The number of rotatable bonds is 10. The van der Waals surface area contributed by atoms with Crippen molar-refractivity contribution in [1.82, 2.24) is 15.2 Å². The fraction of sp³-hybridized carbons (Fsp3) is 0.476. The summed E-state index contributed by atoms with van der Waals surface area (Å²) in [5.74, 6) is 0.832. The third-order valence-electron chi connectivity index (χ3n) is 5.00. The number of thioether (sulfide) groups is 1. The SMILES string of the molecule is CCn1cc(C(=O)N[C@H](CCSC)C(=O)NCCOC)c(=O)c2cc3c(cc21)OCO3. The highest BCUT2D eigenvalue weighted by Crippen LogP contribution is 2.35. The predicted octanol–water partition coefficient (Wildman–Crippen LogP) is 1.36. The minimum Gasteiger partial charge on any atom is -0.454 e. The van der Waals surface area contributed by atoms with Gasteiger partial charge in [0.2, 0.25) is 18.1 Å². The zero-order valence-electron chi connectivity index (χ0n) is 17.9. The number of aryl methyl sites for hydroxylation is 1. The number of nitrogens with one attached hydrogen (secondary N) is 2. The molecule has 2 amide bonds. The summed E-state index contributed by atoms with van der Waals surface area (Å²) in [4.78, 5) is 38.7. The Morgan fingerprint density at radius 1 is 1.29 bits per heavy atom. The van der Waals surface area contributed by atoms with Crippen molar-refractivity contribution in [2.75, 3.05) is 39.1 Å². The van der Waals surface area contributed by atoms with Crippen LogP contribution in [-0.2, 0) is 16.1 Å². The standard InChI is InChI=1S/C21H27N3O6S/c1-4-24-11-14(19(25)13-9-17-18(10-16(13)24)30-12-29-17)20(26)23-15(5-8-31-3)21(27)22-6-7-28-2/h9-11,15H,4-8,12H2,1-3H3,(H,22,27)(H,23,26)/t15-/m1/s1. The van der Waals surface area contributed by atoms with E-state index in [2.05, 4.69) is 10.6 Å². The summed E-state index contributed by atoms with van der Waals surface area (Å²) >= 11 is 1.57. The summed E-state index contributed by atoms with van der Waals surface area (Å²) in [6.07, 6.45) is 3.89. The number of carbonyl (C=O) groups is 2. The van der Waals surface area contributed by atoms with Gasteiger partial charge in [0.25, 0.3) is 5.91 Å². The Balaban J connectivity index is 1.91. The molecule has 10 heteroatoms. The third-order valence-corrected chi connectivity index (χ3v) is 5.64. The van der Waals surface area contributed by atoms with Gasteiger partial charge in [0, 0.05) is 32.5 Å². The third kappa shape index (κ3) is 5.13. The zero-order chi connectivity index (χ0) is 22.4. The van der Waals surface area contributed by atoms with Gasteiger partial charge in [-0.25, -0.2) is 0 Å². The van der Waals surface area contributed by atoms with E-state index in [0.717, 1.165) is 0 Å².